The van der Waals surface area contributed by atoms with Crippen LogP contribution >= 0.6 is 11.6 Å². The number of hydrogen-bond donors (Lipinski definition) is 1. The van der Waals surface area contributed by atoms with Gasteiger partial charge >= 0.3 is 0 Å². The van der Waals surface area contributed by atoms with Gasteiger partial charge in [-0.25, -0.2) is 4.39 Å². The molecule has 0 amide bonds. The van der Waals surface area contributed by atoms with Crippen molar-refractivity contribution in [2.24, 2.45) is 0 Å². The summed E-state index contributed by atoms with van der Waals surface area (Å²) >= 11 is 5.68. The summed E-state index contributed by atoms with van der Waals surface area (Å²) in [6, 6.07) is 11.8. The van der Waals surface area contributed by atoms with Gasteiger partial charge in [0.15, 0.2) is 5.78 Å². The average Bonchev–Trinajstić information content (AvgIpc) is 2.49. The molecule has 0 saturated carbocycles. The summed E-state index contributed by atoms with van der Waals surface area (Å²) in [7, 11) is 0. The van der Waals surface area contributed by atoms with Crippen molar-refractivity contribution in [1.82, 2.24) is 0 Å². The molecule has 4 heteroatoms. The van der Waals surface area contributed by atoms with E-state index in [0.29, 0.717) is 16.5 Å². The molecule has 0 spiro atoms. The molecule has 0 atom stereocenters. The minimum atomic E-state index is -0.467. The van der Waals surface area contributed by atoms with Crippen molar-refractivity contribution in [3.05, 3.63) is 76.7 Å². The van der Waals surface area contributed by atoms with Gasteiger partial charge in [-0.05, 0) is 29.7 Å². The van der Waals surface area contributed by atoms with Gasteiger partial charge in [-0.2, -0.15) is 0 Å². The molecule has 0 heterocycles. The molecule has 0 aliphatic rings. The van der Waals surface area contributed by atoms with E-state index in [0.717, 1.165) is 0 Å². The van der Waals surface area contributed by atoms with Crippen LogP contribution in [0, 0.1) is 5.82 Å². The van der Waals surface area contributed by atoms with E-state index in [9.17, 15) is 9.18 Å². The number of carbonyl (C=O) groups is 1. The number of rotatable bonds is 5. The van der Waals surface area contributed by atoms with Gasteiger partial charge in [-0.3, -0.25) is 4.79 Å². The van der Waals surface area contributed by atoms with E-state index in [-0.39, 0.29) is 11.5 Å². The van der Waals surface area contributed by atoms with Crippen molar-refractivity contribution < 1.29 is 9.18 Å². The molecule has 0 aliphatic carbocycles. The highest BCUT2D eigenvalue weighted by molar-refractivity contribution is 6.30. The molecule has 1 N–H and O–H groups in total. The van der Waals surface area contributed by atoms with Crippen molar-refractivity contribution in [1.29, 1.82) is 0 Å². The molecule has 2 aromatic rings. The number of anilines is 1. The molecule has 0 fully saturated rings. The highest BCUT2D eigenvalue weighted by Crippen LogP contribution is 2.19. The standard InChI is InChI=1S/C18H17ClFNO/c1-12(2)13-3-5-14(6-4-13)18(22)9-10-21-17-8-7-15(19)11-16(17)20/h3-12,21H,1-2H3/b10-9+. The third-order valence-corrected chi connectivity index (χ3v) is 3.50. The van der Waals surface area contributed by atoms with Crippen LogP contribution in [0.15, 0.2) is 54.7 Å². The molecule has 0 aromatic heterocycles. The van der Waals surface area contributed by atoms with Crippen LogP contribution in [0.2, 0.25) is 5.02 Å². The van der Waals surface area contributed by atoms with Crippen LogP contribution in [0.1, 0.15) is 35.7 Å². The van der Waals surface area contributed by atoms with Crippen molar-refractivity contribution in [2.45, 2.75) is 19.8 Å². The predicted octanol–water partition coefficient (Wildman–Crippen LogP) is 5.41. The Hall–Kier alpha value is -2.13. The van der Waals surface area contributed by atoms with Crippen LogP contribution < -0.4 is 5.32 Å². The lowest BCUT2D eigenvalue weighted by molar-refractivity contribution is 0.104. The fourth-order valence-electron chi connectivity index (χ4n) is 1.94. The summed E-state index contributed by atoms with van der Waals surface area (Å²) in [6.07, 6.45) is 2.80. The third-order valence-electron chi connectivity index (χ3n) is 3.27. The molecule has 2 aromatic carbocycles. The number of benzene rings is 2. The minimum Gasteiger partial charge on any atom is -0.359 e. The van der Waals surface area contributed by atoms with E-state index in [2.05, 4.69) is 19.2 Å². The Labute approximate surface area is 134 Å². The largest absolute Gasteiger partial charge is 0.359 e. The lowest BCUT2D eigenvalue weighted by atomic mass is 10.0. The van der Waals surface area contributed by atoms with E-state index < -0.39 is 5.82 Å². The Kier molecular flexibility index (Phi) is 5.34. The number of halogens is 2. The molecular weight excluding hydrogens is 301 g/mol. The monoisotopic (exact) mass is 317 g/mol. The first-order valence-corrected chi connectivity index (χ1v) is 7.37. The summed E-state index contributed by atoms with van der Waals surface area (Å²) in [4.78, 5) is 12.0. The van der Waals surface area contributed by atoms with Crippen LogP contribution in [-0.4, -0.2) is 5.78 Å². The fraction of sp³-hybridized carbons (Fsp3) is 0.167. The molecular formula is C18H17ClFNO. The fourth-order valence-corrected chi connectivity index (χ4v) is 2.10. The first kappa shape index (κ1) is 16.2. The summed E-state index contributed by atoms with van der Waals surface area (Å²) < 4.78 is 13.6. The van der Waals surface area contributed by atoms with Gasteiger partial charge in [0.05, 0.1) is 5.69 Å². The Balaban J connectivity index is 2.02. The number of nitrogens with one attached hydrogen (secondary N) is 1. The Bertz CT molecular complexity index is 693. The second kappa shape index (κ2) is 7.23. The molecule has 0 radical (unpaired) electrons. The number of hydrogen-bond acceptors (Lipinski definition) is 2. The maximum absolute atomic E-state index is 13.6. The summed E-state index contributed by atoms with van der Waals surface area (Å²) in [5.41, 5.74) is 2.05. The Morgan fingerprint density at radius 3 is 2.45 bits per heavy atom. The second-order valence-electron chi connectivity index (χ2n) is 5.24. The topological polar surface area (TPSA) is 29.1 Å². The Morgan fingerprint density at radius 1 is 1.18 bits per heavy atom. The van der Waals surface area contributed by atoms with Gasteiger partial charge in [-0.15, -0.1) is 0 Å². The van der Waals surface area contributed by atoms with Gasteiger partial charge in [0.1, 0.15) is 5.82 Å². The molecule has 0 unspecified atom stereocenters. The molecule has 2 nitrogen and oxygen atoms in total. The zero-order chi connectivity index (χ0) is 16.1. The normalized spacial score (nSPS) is 11.1. The minimum absolute atomic E-state index is 0.142. The molecule has 2 rings (SSSR count). The third kappa shape index (κ3) is 4.18. The lowest BCUT2D eigenvalue weighted by Crippen LogP contribution is -1.98. The zero-order valence-electron chi connectivity index (χ0n) is 12.4. The SMILES string of the molecule is CC(C)c1ccc(C(=O)/C=C/Nc2ccc(Cl)cc2F)cc1. The van der Waals surface area contributed by atoms with E-state index in [1.54, 1.807) is 18.2 Å². The van der Waals surface area contributed by atoms with Gasteiger partial charge in [0.25, 0.3) is 0 Å². The quantitative estimate of drug-likeness (QED) is 0.590. The zero-order valence-corrected chi connectivity index (χ0v) is 13.2. The predicted molar refractivity (Wildman–Crippen MR) is 89.0 cm³/mol. The van der Waals surface area contributed by atoms with Crippen LogP contribution in [0.5, 0.6) is 0 Å². The lowest BCUT2D eigenvalue weighted by Gasteiger charge is -2.05. The molecule has 114 valence electrons. The first-order valence-electron chi connectivity index (χ1n) is 7.00. The van der Waals surface area contributed by atoms with Gasteiger partial charge < -0.3 is 5.32 Å². The second-order valence-corrected chi connectivity index (χ2v) is 5.68. The summed E-state index contributed by atoms with van der Waals surface area (Å²) in [6.45, 7) is 4.20. The van der Waals surface area contributed by atoms with E-state index in [4.69, 9.17) is 11.6 Å². The Morgan fingerprint density at radius 2 is 1.86 bits per heavy atom. The van der Waals surface area contributed by atoms with Gasteiger partial charge in [-0.1, -0.05) is 49.7 Å². The van der Waals surface area contributed by atoms with Crippen molar-refractivity contribution in [2.75, 3.05) is 5.32 Å². The highest BCUT2D eigenvalue weighted by Gasteiger charge is 2.04. The van der Waals surface area contributed by atoms with Crippen molar-refractivity contribution >= 4 is 23.1 Å². The molecule has 22 heavy (non-hydrogen) atoms. The van der Waals surface area contributed by atoms with Gasteiger partial charge in [0.2, 0.25) is 0 Å². The van der Waals surface area contributed by atoms with Crippen molar-refractivity contribution in [3.63, 3.8) is 0 Å². The van der Waals surface area contributed by atoms with Crippen LogP contribution in [0.3, 0.4) is 0 Å². The molecule has 0 aliphatic heterocycles. The smallest absolute Gasteiger partial charge is 0.187 e. The first-order chi connectivity index (χ1) is 10.5. The molecule has 0 bridgehead atoms. The van der Waals surface area contributed by atoms with Gasteiger partial charge in [0, 0.05) is 22.9 Å². The number of ketones is 1. The maximum atomic E-state index is 13.6. The number of carbonyl (C=O) groups excluding carboxylic acids is 1. The van der Waals surface area contributed by atoms with E-state index in [1.165, 1.54) is 30.0 Å². The van der Waals surface area contributed by atoms with Crippen molar-refractivity contribution in [3.8, 4) is 0 Å². The summed E-state index contributed by atoms with van der Waals surface area (Å²) in [5, 5.41) is 3.06. The van der Waals surface area contributed by atoms with E-state index in [1.807, 2.05) is 12.1 Å². The van der Waals surface area contributed by atoms with Crippen LogP contribution in [0.4, 0.5) is 10.1 Å². The summed E-state index contributed by atoms with van der Waals surface area (Å²) in [5.74, 6) is -0.183. The maximum Gasteiger partial charge on any atom is 0.187 e. The highest BCUT2D eigenvalue weighted by atomic mass is 35.5. The molecule has 0 saturated heterocycles. The van der Waals surface area contributed by atoms with Crippen LogP contribution in [-0.2, 0) is 0 Å². The van der Waals surface area contributed by atoms with Crippen LogP contribution in [0.25, 0.3) is 0 Å². The van der Waals surface area contributed by atoms with E-state index >= 15 is 0 Å². The average molecular weight is 318 g/mol. The number of allylic oxidation sites excluding steroid dienone is 1.